The molecule has 0 bridgehead atoms. The number of primary amides is 1. The quantitative estimate of drug-likeness (QED) is 0.769. The zero-order valence-corrected chi connectivity index (χ0v) is 8.33. The van der Waals surface area contributed by atoms with Crippen molar-refractivity contribution in [3.05, 3.63) is 35.9 Å². The topological polar surface area (TPSA) is 77.2 Å². The first-order valence-corrected chi connectivity index (χ1v) is 5.84. The van der Waals surface area contributed by atoms with Crippen LogP contribution in [0.15, 0.2) is 30.3 Å². The van der Waals surface area contributed by atoms with Gasteiger partial charge in [0.2, 0.25) is 5.91 Å². The molecule has 1 aromatic carbocycles. The third kappa shape index (κ3) is 3.57. The Bertz CT molecular complexity index is 411. The third-order valence-electron chi connectivity index (χ3n) is 1.59. The molecule has 2 N–H and O–H groups in total. The second kappa shape index (κ2) is 4.23. The average Bonchev–Trinajstić information content (AvgIpc) is 2.02. The van der Waals surface area contributed by atoms with E-state index in [2.05, 4.69) is 0 Å². The van der Waals surface area contributed by atoms with Crippen LogP contribution < -0.4 is 5.73 Å². The van der Waals surface area contributed by atoms with Crippen LogP contribution in [0.1, 0.15) is 5.56 Å². The van der Waals surface area contributed by atoms with Crippen molar-refractivity contribution in [2.75, 3.05) is 5.75 Å². The van der Waals surface area contributed by atoms with Crippen LogP contribution in [0.25, 0.3) is 0 Å². The summed E-state index contributed by atoms with van der Waals surface area (Å²) in [4.78, 5) is 10.4. The minimum absolute atomic E-state index is 0.142. The Morgan fingerprint density at radius 3 is 2.29 bits per heavy atom. The van der Waals surface area contributed by atoms with Gasteiger partial charge in [-0.3, -0.25) is 4.79 Å². The van der Waals surface area contributed by atoms with Crippen molar-refractivity contribution in [1.29, 1.82) is 0 Å². The lowest BCUT2D eigenvalue weighted by Gasteiger charge is -2.01. The maximum Gasteiger partial charge on any atom is 0.232 e. The van der Waals surface area contributed by atoms with E-state index in [4.69, 9.17) is 5.73 Å². The normalized spacial score (nSPS) is 11.1. The highest BCUT2D eigenvalue weighted by Crippen LogP contribution is 2.05. The predicted octanol–water partition coefficient (Wildman–Crippen LogP) is 0.0867. The molecule has 0 atom stereocenters. The fraction of sp³-hybridized carbons (Fsp3) is 0.222. The van der Waals surface area contributed by atoms with Crippen LogP contribution in [0, 0.1) is 0 Å². The first-order valence-electron chi connectivity index (χ1n) is 4.02. The summed E-state index contributed by atoms with van der Waals surface area (Å²) in [6.07, 6.45) is 0. The molecule has 14 heavy (non-hydrogen) atoms. The minimum atomic E-state index is -3.41. The number of benzene rings is 1. The van der Waals surface area contributed by atoms with E-state index in [0.717, 1.165) is 0 Å². The summed E-state index contributed by atoms with van der Waals surface area (Å²) in [7, 11) is -3.41. The summed E-state index contributed by atoms with van der Waals surface area (Å²) in [5.74, 6) is -1.56. The summed E-state index contributed by atoms with van der Waals surface area (Å²) in [5, 5.41) is 0. The van der Waals surface area contributed by atoms with E-state index < -0.39 is 21.5 Å². The van der Waals surface area contributed by atoms with Gasteiger partial charge in [0, 0.05) is 0 Å². The van der Waals surface area contributed by atoms with Gasteiger partial charge in [-0.2, -0.15) is 0 Å². The van der Waals surface area contributed by atoms with Gasteiger partial charge in [0.15, 0.2) is 9.84 Å². The summed E-state index contributed by atoms with van der Waals surface area (Å²) in [5.41, 5.74) is 5.48. The van der Waals surface area contributed by atoms with E-state index >= 15 is 0 Å². The Morgan fingerprint density at radius 1 is 1.21 bits per heavy atom. The highest BCUT2D eigenvalue weighted by atomic mass is 32.2. The van der Waals surface area contributed by atoms with Gasteiger partial charge in [0.1, 0.15) is 5.75 Å². The Morgan fingerprint density at radius 2 is 1.79 bits per heavy atom. The molecule has 0 heterocycles. The van der Waals surface area contributed by atoms with Crippen molar-refractivity contribution in [2.24, 2.45) is 5.73 Å². The predicted molar refractivity (Wildman–Crippen MR) is 53.1 cm³/mol. The third-order valence-corrected chi connectivity index (χ3v) is 3.09. The average molecular weight is 213 g/mol. The van der Waals surface area contributed by atoms with Crippen LogP contribution in [0.4, 0.5) is 0 Å². The summed E-state index contributed by atoms with van der Waals surface area (Å²) < 4.78 is 22.6. The van der Waals surface area contributed by atoms with E-state index in [-0.39, 0.29) is 5.75 Å². The number of rotatable bonds is 4. The van der Waals surface area contributed by atoms with Gasteiger partial charge in [-0.15, -0.1) is 0 Å². The summed E-state index contributed by atoms with van der Waals surface area (Å²) in [6.45, 7) is 0. The molecular formula is C9H11NO3S. The molecule has 0 fully saturated rings. The number of sulfone groups is 1. The Balaban J connectivity index is 2.74. The second-order valence-corrected chi connectivity index (χ2v) is 5.05. The first-order chi connectivity index (χ1) is 6.49. The maximum atomic E-state index is 11.3. The smallest absolute Gasteiger partial charge is 0.232 e. The summed E-state index contributed by atoms with van der Waals surface area (Å²) >= 11 is 0. The van der Waals surface area contributed by atoms with Crippen molar-refractivity contribution in [3.8, 4) is 0 Å². The van der Waals surface area contributed by atoms with Gasteiger partial charge in [-0.05, 0) is 5.56 Å². The summed E-state index contributed by atoms with van der Waals surface area (Å²) in [6, 6.07) is 8.67. The first kappa shape index (κ1) is 10.7. The Kier molecular flexibility index (Phi) is 3.24. The molecule has 4 nitrogen and oxygen atoms in total. The van der Waals surface area contributed by atoms with Gasteiger partial charge in [-0.1, -0.05) is 30.3 Å². The lowest BCUT2D eigenvalue weighted by Crippen LogP contribution is -2.24. The molecule has 0 aliphatic rings. The minimum Gasteiger partial charge on any atom is -0.369 e. The van der Waals surface area contributed by atoms with Crippen molar-refractivity contribution >= 4 is 15.7 Å². The van der Waals surface area contributed by atoms with Crippen molar-refractivity contribution in [3.63, 3.8) is 0 Å². The largest absolute Gasteiger partial charge is 0.369 e. The molecule has 5 heteroatoms. The van der Waals surface area contributed by atoms with Crippen LogP contribution in [0.3, 0.4) is 0 Å². The molecular weight excluding hydrogens is 202 g/mol. The molecule has 1 amide bonds. The lowest BCUT2D eigenvalue weighted by molar-refractivity contribution is -0.115. The number of hydrogen-bond donors (Lipinski definition) is 1. The molecule has 0 aliphatic carbocycles. The van der Waals surface area contributed by atoms with E-state index in [1.54, 1.807) is 30.3 Å². The molecule has 0 aliphatic heterocycles. The molecule has 1 rings (SSSR count). The lowest BCUT2D eigenvalue weighted by atomic mass is 10.2. The fourth-order valence-electron chi connectivity index (χ4n) is 1.10. The van der Waals surface area contributed by atoms with Gasteiger partial charge in [0.05, 0.1) is 5.75 Å². The van der Waals surface area contributed by atoms with Crippen molar-refractivity contribution < 1.29 is 13.2 Å². The van der Waals surface area contributed by atoms with Crippen LogP contribution in [-0.4, -0.2) is 20.1 Å². The van der Waals surface area contributed by atoms with Crippen molar-refractivity contribution in [1.82, 2.24) is 0 Å². The number of carbonyl (C=O) groups excluding carboxylic acids is 1. The van der Waals surface area contributed by atoms with E-state index in [0.29, 0.717) is 5.56 Å². The molecule has 0 radical (unpaired) electrons. The van der Waals surface area contributed by atoms with Crippen LogP contribution in [0.2, 0.25) is 0 Å². The van der Waals surface area contributed by atoms with E-state index in [9.17, 15) is 13.2 Å². The molecule has 0 aromatic heterocycles. The number of amides is 1. The second-order valence-electron chi connectivity index (χ2n) is 2.98. The monoisotopic (exact) mass is 213 g/mol. The van der Waals surface area contributed by atoms with E-state index in [1.165, 1.54) is 0 Å². The Hall–Kier alpha value is -1.36. The maximum absolute atomic E-state index is 11.3. The van der Waals surface area contributed by atoms with Crippen LogP contribution in [0.5, 0.6) is 0 Å². The molecule has 76 valence electrons. The molecule has 1 aromatic rings. The Labute approximate surface area is 82.7 Å². The fourth-order valence-corrected chi connectivity index (χ4v) is 2.33. The van der Waals surface area contributed by atoms with Gasteiger partial charge in [-0.25, -0.2) is 8.42 Å². The van der Waals surface area contributed by atoms with Crippen molar-refractivity contribution in [2.45, 2.75) is 5.75 Å². The zero-order valence-electron chi connectivity index (χ0n) is 7.51. The highest BCUT2D eigenvalue weighted by Gasteiger charge is 2.14. The SMILES string of the molecule is NC(=O)CS(=O)(=O)Cc1ccccc1. The molecule has 0 saturated heterocycles. The van der Waals surface area contributed by atoms with Gasteiger partial charge in [0.25, 0.3) is 0 Å². The van der Waals surface area contributed by atoms with E-state index in [1.807, 2.05) is 0 Å². The highest BCUT2D eigenvalue weighted by molar-refractivity contribution is 7.91. The molecule has 0 saturated carbocycles. The van der Waals surface area contributed by atoms with Gasteiger partial charge < -0.3 is 5.73 Å². The number of nitrogens with two attached hydrogens (primary N) is 1. The molecule has 0 unspecified atom stereocenters. The number of hydrogen-bond acceptors (Lipinski definition) is 3. The number of carbonyl (C=O) groups is 1. The molecule has 0 spiro atoms. The van der Waals surface area contributed by atoms with Crippen LogP contribution >= 0.6 is 0 Å². The standard InChI is InChI=1S/C9H11NO3S/c10-9(11)7-14(12,13)6-8-4-2-1-3-5-8/h1-5H,6-7H2,(H2,10,11). The van der Waals surface area contributed by atoms with Gasteiger partial charge >= 0.3 is 0 Å². The van der Waals surface area contributed by atoms with Crippen LogP contribution in [-0.2, 0) is 20.4 Å². The zero-order chi connectivity index (χ0) is 10.6.